The molecule has 1 amide bonds. The minimum Gasteiger partial charge on any atom is -0.350 e. The summed E-state index contributed by atoms with van der Waals surface area (Å²) in [5.41, 5.74) is 2.38. The van der Waals surface area contributed by atoms with Crippen LogP contribution >= 0.6 is 15.9 Å². The summed E-state index contributed by atoms with van der Waals surface area (Å²) in [5, 5.41) is 2.86. The molecule has 1 heterocycles. The Balaban J connectivity index is 1.80. The van der Waals surface area contributed by atoms with E-state index in [9.17, 15) is 13.2 Å². The maximum absolute atomic E-state index is 12.4. The van der Waals surface area contributed by atoms with Gasteiger partial charge in [0.1, 0.15) is 18.1 Å². The molecule has 26 heavy (non-hydrogen) atoms. The molecule has 0 unspecified atom stereocenters. The summed E-state index contributed by atoms with van der Waals surface area (Å²) in [4.78, 5) is 16.8. The van der Waals surface area contributed by atoms with E-state index in [4.69, 9.17) is 0 Å². The van der Waals surface area contributed by atoms with Gasteiger partial charge in [-0.15, -0.1) is 0 Å². The molecule has 0 saturated heterocycles. The zero-order chi connectivity index (χ0) is 18.7. The first kappa shape index (κ1) is 18.6. The first-order valence-corrected chi connectivity index (χ1v) is 10.8. The molecule has 0 aliphatic heterocycles. The number of benzene rings is 2. The summed E-state index contributed by atoms with van der Waals surface area (Å²) in [6.07, 6.45) is 1.16. The summed E-state index contributed by atoms with van der Waals surface area (Å²) in [6.45, 7) is 0.408. The van der Waals surface area contributed by atoms with E-state index >= 15 is 0 Å². The number of sulfone groups is 1. The summed E-state index contributed by atoms with van der Waals surface area (Å²) < 4.78 is 26.0. The molecular formula is C18H18BrN3O3S. The molecule has 3 aromatic rings. The van der Waals surface area contributed by atoms with Crippen LogP contribution < -0.4 is 5.32 Å². The Labute approximate surface area is 160 Å². The number of hydrogen-bond donors (Lipinski definition) is 1. The monoisotopic (exact) mass is 435 g/mol. The third kappa shape index (κ3) is 4.70. The first-order chi connectivity index (χ1) is 12.3. The number of imidazole rings is 1. The van der Waals surface area contributed by atoms with Crippen LogP contribution in [0.5, 0.6) is 0 Å². The van der Waals surface area contributed by atoms with Crippen molar-refractivity contribution in [1.82, 2.24) is 14.9 Å². The molecule has 0 bridgehead atoms. The highest BCUT2D eigenvalue weighted by molar-refractivity contribution is 9.10. The fraction of sp³-hybridized carbons (Fsp3) is 0.222. The molecule has 1 N–H and O–H groups in total. The number of carbonyl (C=O) groups is 1. The van der Waals surface area contributed by atoms with Crippen LogP contribution in [0.4, 0.5) is 0 Å². The second kappa shape index (κ2) is 7.59. The normalized spacial score (nSPS) is 11.6. The third-order valence-corrected chi connectivity index (χ3v) is 5.08. The summed E-state index contributed by atoms with van der Waals surface area (Å²) in [6, 6.07) is 15.0. The summed E-state index contributed by atoms with van der Waals surface area (Å²) in [5.74, 6) is -0.0465. The van der Waals surface area contributed by atoms with E-state index < -0.39 is 9.84 Å². The van der Waals surface area contributed by atoms with Crippen LogP contribution in [0.3, 0.4) is 0 Å². The van der Waals surface area contributed by atoms with Crippen molar-refractivity contribution in [3.8, 4) is 0 Å². The van der Waals surface area contributed by atoms with Gasteiger partial charge in [0.15, 0.2) is 9.84 Å². The quantitative estimate of drug-likeness (QED) is 0.645. The second-order valence-electron chi connectivity index (χ2n) is 6.08. The van der Waals surface area contributed by atoms with Gasteiger partial charge < -0.3 is 9.88 Å². The van der Waals surface area contributed by atoms with Gasteiger partial charge in [-0.3, -0.25) is 4.79 Å². The Hall–Kier alpha value is -2.19. The van der Waals surface area contributed by atoms with Gasteiger partial charge in [0.2, 0.25) is 5.91 Å². The molecule has 136 valence electrons. The molecule has 8 heteroatoms. The van der Waals surface area contributed by atoms with Crippen LogP contribution in [0, 0.1) is 0 Å². The standard InChI is InChI=1S/C18H18BrN3O3S/c1-26(24,25)12-17-21-15-7-2-3-8-16(15)22(17)11-18(23)20-10-13-5-4-6-14(19)9-13/h2-9H,10-12H2,1H3,(H,20,23). The number of hydrogen-bond acceptors (Lipinski definition) is 4. The fourth-order valence-electron chi connectivity index (χ4n) is 2.69. The van der Waals surface area contributed by atoms with E-state index in [1.165, 1.54) is 0 Å². The van der Waals surface area contributed by atoms with E-state index in [2.05, 4.69) is 26.2 Å². The zero-order valence-electron chi connectivity index (χ0n) is 14.1. The topological polar surface area (TPSA) is 81.1 Å². The lowest BCUT2D eigenvalue weighted by Crippen LogP contribution is -2.28. The molecule has 0 spiro atoms. The Morgan fingerprint density at radius 2 is 1.96 bits per heavy atom. The molecule has 3 rings (SSSR count). The predicted octanol–water partition coefficient (Wildman–Crippen LogP) is 2.66. The van der Waals surface area contributed by atoms with Crippen molar-refractivity contribution >= 4 is 42.7 Å². The van der Waals surface area contributed by atoms with Gasteiger partial charge in [-0.1, -0.05) is 40.2 Å². The Morgan fingerprint density at radius 1 is 1.19 bits per heavy atom. The van der Waals surface area contributed by atoms with Crippen molar-refractivity contribution in [2.24, 2.45) is 0 Å². The SMILES string of the molecule is CS(=O)(=O)Cc1nc2ccccc2n1CC(=O)NCc1cccc(Br)c1. The highest BCUT2D eigenvalue weighted by Gasteiger charge is 2.17. The van der Waals surface area contributed by atoms with Gasteiger partial charge in [0.25, 0.3) is 0 Å². The second-order valence-corrected chi connectivity index (χ2v) is 9.14. The van der Waals surface area contributed by atoms with Gasteiger partial charge in [-0.05, 0) is 29.8 Å². The predicted molar refractivity (Wildman–Crippen MR) is 104 cm³/mol. The van der Waals surface area contributed by atoms with Crippen molar-refractivity contribution in [3.05, 3.63) is 64.4 Å². The van der Waals surface area contributed by atoms with E-state index in [0.29, 0.717) is 17.9 Å². The average Bonchev–Trinajstić information content (AvgIpc) is 2.89. The Bertz CT molecular complexity index is 1060. The molecule has 0 fully saturated rings. The van der Waals surface area contributed by atoms with Crippen LogP contribution in [0.1, 0.15) is 11.4 Å². The van der Waals surface area contributed by atoms with Crippen molar-refractivity contribution < 1.29 is 13.2 Å². The number of amides is 1. The third-order valence-electron chi connectivity index (χ3n) is 3.81. The number of fused-ring (bicyclic) bond motifs is 1. The lowest BCUT2D eigenvalue weighted by atomic mass is 10.2. The van der Waals surface area contributed by atoms with Crippen molar-refractivity contribution in [2.75, 3.05) is 6.26 Å². The lowest BCUT2D eigenvalue weighted by molar-refractivity contribution is -0.121. The van der Waals surface area contributed by atoms with Gasteiger partial charge >= 0.3 is 0 Å². The number of para-hydroxylation sites is 2. The van der Waals surface area contributed by atoms with Gasteiger partial charge in [0.05, 0.1) is 11.0 Å². The number of rotatable bonds is 6. The summed E-state index contributed by atoms with van der Waals surface area (Å²) in [7, 11) is -3.26. The van der Waals surface area contributed by atoms with Crippen molar-refractivity contribution in [2.45, 2.75) is 18.8 Å². The molecular weight excluding hydrogens is 418 g/mol. The number of carbonyl (C=O) groups excluding carboxylic acids is 1. The average molecular weight is 436 g/mol. The van der Waals surface area contributed by atoms with Gasteiger partial charge in [-0.25, -0.2) is 13.4 Å². The molecule has 6 nitrogen and oxygen atoms in total. The molecule has 0 atom stereocenters. The Kier molecular flexibility index (Phi) is 5.43. The van der Waals surface area contributed by atoms with Crippen LogP contribution in [-0.2, 0) is 33.5 Å². The largest absolute Gasteiger partial charge is 0.350 e. The van der Waals surface area contributed by atoms with E-state index in [0.717, 1.165) is 21.8 Å². The van der Waals surface area contributed by atoms with Crippen LogP contribution in [0.15, 0.2) is 53.0 Å². The maximum Gasteiger partial charge on any atom is 0.240 e. The van der Waals surface area contributed by atoms with Crippen molar-refractivity contribution in [3.63, 3.8) is 0 Å². The molecule has 1 aromatic heterocycles. The molecule has 0 aliphatic carbocycles. The molecule has 0 aliphatic rings. The number of aromatic nitrogens is 2. The number of halogens is 1. The Morgan fingerprint density at radius 3 is 2.69 bits per heavy atom. The highest BCUT2D eigenvalue weighted by Crippen LogP contribution is 2.18. The lowest BCUT2D eigenvalue weighted by Gasteiger charge is -2.10. The highest BCUT2D eigenvalue weighted by atomic mass is 79.9. The van der Waals surface area contributed by atoms with Crippen LogP contribution in [0.25, 0.3) is 11.0 Å². The summed E-state index contributed by atoms with van der Waals surface area (Å²) >= 11 is 3.40. The minimum absolute atomic E-state index is 0.0133. The fourth-order valence-corrected chi connectivity index (χ4v) is 3.83. The van der Waals surface area contributed by atoms with Crippen LogP contribution in [-0.4, -0.2) is 30.1 Å². The molecule has 0 radical (unpaired) electrons. The van der Waals surface area contributed by atoms with E-state index in [1.807, 2.05) is 42.5 Å². The molecule has 2 aromatic carbocycles. The van der Waals surface area contributed by atoms with E-state index in [1.54, 1.807) is 10.6 Å². The number of nitrogens with zero attached hydrogens (tertiary/aromatic N) is 2. The zero-order valence-corrected chi connectivity index (χ0v) is 16.5. The molecule has 0 saturated carbocycles. The minimum atomic E-state index is -3.26. The van der Waals surface area contributed by atoms with Gasteiger partial charge in [-0.2, -0.15) is 0 Å². The van der Waals surface area contributed by atoms with Gasteiger partial charge in [0, 0.05) is 17.3 Å². The number of nitrogens with one attached hydrogen (secondary N) is 1. The maximum atomic E-state index is 12.4. The van der Waals surface area contributed by atoms with E-state index in [-0.39, 0.29) is 18.2 Å². The van der Waals surface area contributed by atoms with Crippen molar-refractivity contribution in [1.29, 1.82) is 0 Å². The first-order valence-electron chi connectivity index (χ1n) is 7.95. The smallest absolute Gasteiger partial charge is 0.240 e. The van der Waals surface area contributed by atoms with Crippen LogP contribution in [0.2, 0.25) is 0 Å².